The highest BCUT2D eigenvalue weighted by atomic mass is 19.1. The molecule has 2 N–H and O–H groups in total. The highest BCUT2D eigenvalue weighted by Gasteiger charge is 2.34. The monoisotopic (exact) mass is 256 g/mol. The third kappa shape index (κ3) is 2.82. The molecule has 0 unspecified atom stereocenters. The zero-order chi connectivity index (χ0) is 13.8. The molecule has 0 aliphatic heterocycles. The summed E-state index contributed by atoms with van der Waals surface area (Å²) < 4.78 is 19.0. The van der Waals surface area contributed by atoms with Crippen molar-refractivity contribution >= 4 is 0 Å². The van der Waals surface area contributed by atoms with Crippen LogP contribution in [0, 0.1) is 17.2 Å². The molecule has 0 radical (unpaired) electrons. The first-order valence-corrected chi connectivity index (χ1v) is 6.04. The maximum Gasteiger partial charge on any atom is 0.168 e. The van der Waals surface area contributed by atoms with E-state index < -0.39 is 11.2 Å². The molecule has 0 atom stereocenters. The minimum atomic E-state index is -0.715. The summed E-state index contributed by atoms with van der Waals surface area (Å²) in [7, 11) is 1.41. The third-order valence-corrected chi connectivity index (χ3v) is 3.66. The average Bonchev–Trinajstić information content (AvgIpc) is 2.37. The second-order valence-electron chi connectivity index (χ2n) is 4.94. The van der Waals surface area contributed by atoms with Gasteiger partial charge in [-0.15, -0.1) is 0 Å². The number of hydrogen-bond acceptors (Lipinski definition) is 3. The van der Waals surface area contributed by atoms with Crippen LogP contribution in [0.5, 0.6) is 5.75 Å². The van der Waals surface area contributed by atoms with Crippen LogP contribution in [0.4, 0.5) is 4.39 Å². The minimum absolute atomic E-state index is 0.0399. The highest BCUT2D eigenvalue weighted by molar-refractivity contribution is 5.31. The number of halogens is 1. The lowest BCUT2D eigenvalue weighted by Gasteiger charge is -2.34. The van der Waals surface area contributed by atoms with Crippen LogP contribution in [0.1, 0.15) is 19.4 Å². The fraction of sp³-hybridized carbons (Fsp3) is 0.571. The van der Waals surface area contributed by atoms with Gasteiger partial charge in [-0.05, 0) is 24.0 Å². The lowest BCUT2D eigenvalue weighted by molar-refractivity contribution is 0.0156. The van der Waals surface area contributed by atoms with Gasteiger partial charge in [0.05, 0.1) is 20.3 Å². The molecule has 1 aromatic carbocycles. The largest absolute Gasteiger partial charge is 0.494 e. The number of aliphatic hydroxyl groups is 2. The molecule has 0 bridgehead atoms. The Morgan fingerprint density at radius 3 is 2.33 bits per heavy atom. The first-order valence-electron chi connectivity index (χ1n) is 6.04. The SMILES string of the molecule is COc1cccc(CC(CO)(CO)C(C)C)c1F. The summed E-state index contributed by atoms with van der Waals surface area (Å²) in [6, 6.07) is 4.91. The van der Waals surface area contributed by atoms with Crippen LogP contribution < -0.4 is 4.74 Å². The predicted octanol–water partition coefficient (Wildman–Crippen LogP) is 2.00. The van der Waals surface area contributed by atoms with Crippen LogP contribution in [-0.2, 0) is 6.42 Å². The zero-order valence-electron chi connectivity index (χ0n) is 11.1. The molecule has 0 aliphatic carbocycles. The van der Waals surface area contributed by atoms with Gasteiger partial charge in [-0.2, -0.15) is 0 Å². The van der Waals surface area contributed by atoms with Crippen molar-refractivity contribution in [1.82, 2.24) is 0 Å². The van der Waals surface area contributed by atoms with Crippen molar-refractivity contribution in [1.29, 1.82) is 0 Å². The van der Waals surface area contributed by atoms with Gasteiger partial charge >= 0.3 is 0 Å². The Morgan fingerprint density at radius 2 is 1.89 bits per heavy atom. The molecule has 0 saturated carbocycles. The van der Waals surface area contributed by atoms with E-state index in [1.54, 1.807) is 18.2 Å². The second kappa shape index (κ2) is 6.16. The molecule has 18 heavy (non-hydrogen) atoms. The van der Waals surface area contributed by atoms with E-state index in [-0.39, 0.29) is 31.3 Å². The first-order chi connectivity index (χ1) is 8.50. The summed E-state index contributed by atoms with van der Waals surface area (Å²) in [5.41, 5.74) is -0.265. The van der Waals surface area contributed by atoms with E-state index in [0.717, 1.165) is 0 Å². The van der Waals surface area contributed by atoms with Crippen LogP contribution in [0.25, 0.3) is 0 Å². The van der Waals surface area contributed by atoms with Gasteiger partial charge in [0.2, 0.25) is 0 Å². The maximum atomic E-state index is 14.1. The van der Waals surface area contributed by atoms with Crippen molar-refractivity contribution in [3.05, 3.63) is 29.6 Å². The lowest BCUT2D eigenvalue weighted by atomic mass is 9.74. The van der Waals surface area contributed by atoms with Gasteiger partial charge < -0.3 is 14.9 Å². The molecule has 0 fully saturated rings. The Bertz CT molecular complexity index is 387. The van der Waals surface area contributed by atoms with Crippen molar-refractivity contribution in [2.75, 3.05) is 20.3 Å². The number of ether oxygens (including phenoxy) is 1. The van der Waals surface area contributed by atoms with Crippen LogP contribution in [0.2, 0.25) is 0 Å². The topological polar surface area (TPSA) is 49.7 Å². The van der Waals surface area contributed by atoms with E-state index >= 15 is 0 Å². The van der Waals surface area contributed by atoms with Gasteiger partial charge in [-0.3, -0.25) is 0 Å². The Balaban J connectivity index is 3.08. The predicted molar refractivity (Wildman–Crippen MR) is 68.1 cm³/mol. The molecule has 0 amide bonds. The van der Waals surface area contributed by atoms with E-state index in [4.69, 9.17) is 4.74 Å². The van der Waals surface area contributed by atoms with Gasteiger partial charge in [0, 0.05) is 5.41 Å². The van der Waals surface area contributed by atoms with Gasteiger partial charge in [0.25, 0.3) is 0 Å². The smallest absolute Gasteiger partial charge is 0.168 e. The van der Waals surface area contributed by atoms with Crippen LogP contribution in [0.3, 0.4) is 0 Å². The maximum absolute atomic E-state index is 14.1. The molecule has 0 aliphatic rings. The summed E-state index contributed by atoms with van der Waals surface area (Å²) in [6.45, 7) is 3.45. The molecule has 0 heterocycles. The molecule has 4 heteroatoms. The second-order valence-corrected chi connectivity index (χ2v) is 4.94. The summed E-state index contributed by atoms with van der Waals surface area (Å²) >= 11 is 0. The number of aliphatic hydroxyl groups excluding tert-OH is 2. The van der Waals surface area contributed by atoms with Gasteiger partial charge in [-0.1, -0.05) is 26.0 Å². The van der Waals surface area contributed by atoms with Crippen LogP contribution in [0.15, 0.2) is 18.2 Å². The molecular formula is C14H21FO3. The fourth-order valence-electron chi connectivity index (χ4n) is 1.96. The van der Waals surface area contributed by atoms with E-state index in [2.05, 4.69) is 0 Å². The van der Waals surface area contributed by atoms with Crippen molar-refractivity contribution in [2.45, 2.75) is 20.3 Å². The van der Waals surface area contributed by atoms with Gasteiger partial charge in [-0.25, -0.2) is 4.39 Å². The molecule has 1 rings (SSSR count). The zero-order valence-corrected chi connectivity index (χ0v) is 11.1. The van der Waals surface area contributed by atoms with Gasteiger partial charge in [0.1, 0.15) is 0 Å². The summed E-state index contributed by atoms with van der Waals surface area (Å²) in [5.74, 6) is -0.203. The molecule has 0 spiro atoms. The summed E-state index contributed by atoms with van der Waals surface area (Å²) in [6.07, 6.45) is 0.278. The molecule has 0 saturated heterocycles. The van der Waals surface area contributed by atoms with E-state index in [9.17, 15) is 14.6 Å². The van der Waals surface area contributed by atoms with Crippen molar-refractivity contribution in [3.63, 3.8) is 0 Å². The third-order valence-electron chi connectivity index (χ3n) is 3.66. The van der Waals surface area contributed by atoms with Crippen molar-refractivity contribution in [2.24, 2.45) is 11.3 Å². The Labute approximate surface area is 107 Å². The molecule has 102 valence electrons. The van der Waals surface area contributed by atoms with E-state index in [1.165, 1.54) is 7.11 Å². The minimum Gasteiger partial charge on any atom is -0.494 e. The quantitative estimate of drug-likeness (QED) is 0.818. The van der Waals surface area contributed by atoms with Crippen LogP contribution >= 0.6 is 0 Å². The first kappa shape index (κ1) is 14.9. The summed E-state index contributed by atoms with van der Waals surface area (Å²) in [5, 5.41) is 19.0. The standard InChI is InChI=1S/C14H21FO3/c1-10(2)14(8-16,9-17)7-11-5-4-6-12(18-3)13(11)15/h4-6,10,16-17H,7-9H2,1-3H3. The van der Waals surface area contributed by atoms with Gasteiger partial charge in [0.15, 0.2) is 11.6 Å². The average molecular weight is 256 g/mol. The van der Waals surface area contributed by atoms with E-state index in [1.807, 2.05) is 13.8 Å². The number of hydrogen-bond donors (Lipinski definition) is 2. The van der Waals surface area contributed by atoms with Crippen molar-refractivity contribution < 1.29 is 19.3 Å². The Hall–Kier alpha value is -1.13. The van der Waals surface area contributed by atoms with Crippen LogP contribution in [-0.4, -0.2) is 30.5 Å². The number of benzene rings is 1. The lowest BCUT2D eigenvalue weighted by Crippen LogP contribution is -2.38. The van der Waals surface area contributed by atoms with Crippen molar-refractivity contribution in [3.8, 4) is 5.75 Å². The van der Waals surface area contributed by atoms with E-state index in [0.29, 0.717) is 5.56 Å². The number of methoxy groups -OCH3 is 1. The molecule has 0 aromatic heterocycles. The molecular weight excluding hydrogens is 235 g/mol. The normalized spacial score (nSPS) is 11.9. The number of rotatable bonds is 6. The fourth-order valence-corrected chi connectivity index (χ4v) is 1.96. The summed E-state index contributed by atoms with van der Waals surface area (Å²) in [4.78, 5) is 0. The molecule has 1 aromatic rings. The molecule has 3 nitrogen and oxygen atoms in total. The highest BCUT2D eigenvalue weighted by Crippen LogP contribution is 2.33. The Morgan fingerprint density at radius 1 is 1.28 bits per heavy atom. The Kier molecular flexibility index (Phi) is 5.11.